The van der Waals surface area contributed by atoms with E-state index >= 15 is 0 Å². The van der Waals surface area contributed by atoms with Crippen molar-refractivity contribution in [1.82, 2.24) is 20.4 Å². The Bertz CT molecular complexity index is 509. The van der Waals surface area contributed by atoms with E-state index in [1.807, 2.05) is 6.07 Å². The fraction of sp³-hybridized carbons (Fsp3) is 0.765. The van der Waals surface area contributed by atoms with E-state index in [-0.39, 0.29) is 5.91 Å². The maximum Gasteiger partial charge on any atom is 0.271 e. The van der Waals surface area contributed by atoms with E-state index < -0.39 is 0 Å². The minimum atomic E-state index is -0.0453. The lowest BCUT2D eigenvalue weighted by atomic mass is 9.83. The molecule has 2 fully saturated rings. The Kier molecular flexibility index (Phi) is 4.81. The van der Waals surface area contributed by atoms with E-state index in [1.165, 1.54) is 45.2 Å². The summed E-state index contributed by atoms with van der Waals surface area (Å²) in [5.41, 5.74) is 1.53. The predicted molar refractivity (Wildman–Crippen MR) is 86.9 cm³/mol. The maximum absolute atomic E-state index is 12.3. The predicted octanol–water partition coefficient (Wildman–Crippen LogP) is 2.53. The number of nitrogens with zero attached hydrogens (tertiary/aromatic N) is 2. The first kappa shape index (κ1) is 15.5. The lowest BCUT2D eigenvalue weighted by molar-refractivity contribution is 0.0575. The molecule has 2 N–H and O–H groups in total. The van der Waals surface area contributed by atoms with Gasteiger partial charge in [-0.2, -0.15) is 5.10 Å². The highest BCUT2D eigenvalue weighted by molar-refractivity contribution is 5.92. The Morgan fingerprint density at radius 1 is 1.36 bits per heavy atom. The largest absolute Gasteiger partial charge is 0.350 e. The van der Waals surface area contributed by atoms with E-state index in [0.717, 1.165) is 12.2 Å². The van der Waals surface area contributed by atoms with Gasteiger partial charge in [0.2, 0.25) is 0 Å². The topological polar surface area (TPSA) is 61.0 Å². The Morgan fingerprint density at radius 3 is 2.95 bits per heavy atom. The lowest BCUT2D eigenvalue weighted by Crippen LogP contribution is -2.51. The van der Waals surface area contributed by atoms with Crippen molar-refractivity contribution in [3.05, 3.63) is 17.5 Å². The van der Waals surface area contributed by atoms with Crippen LogP contribution in [0.5, 0.6) is 0 Å². The van der Waals surface area contributed by atoms with Crippen molar-refractivity contribution in [2.45, 2.75) is 57.9 Å². The number of aromatic amines is 1. The third-order valence-corrected chi connectivity index (χ3v) is 5.21. The molecule has 2 aliphatic heterocycles. The first-order valence-electron chi connectivity index (χ1n) is 8.72. The first-order chi connectivity index (χ1) is 10.6. The summed E-state index contributed by atoms with van der Waals surface area (Å²) in [5.74, 6) is 0.917. The molecule has 122 valence electrons. The molecule has 0 unspecified atom stereocenters. The second-order valence-electron chi connectivity index (χ2n) is 7.07. The van der Waals surface area contributed by atoms with Gasteiger partial charge in [-0.05, 0) is 56.7 Å². The molecule has 22 heavy (non-hydrogen) atoms. The molecule has 0 bridgehead atoms. The van der Waals surface area contributed by atoms with Crippen LogP contribution in [0.2, 0.25) is 0 Å². The number of nitrogens with one attached hydrogen (secondary N) is 2. The van der Waals surface area contributed by atoms with Crippen molar-refractivity contribution in [2.24, 2.45) is 5.92 Å². The summed E-state index contributed by atoms with van der Waals surface area (Å²) < 4.78 is 0. The molecule has 3 heterocycles. The van der Waals surface area contributed by atoms with Gasteiger partial charge in [0.25, 0.3) is 5.91 Å². The molecule has 5 heteroatoms. The zero-order chi connectivity index (χ0) is 15.5. The Labute approximate surface area is 132 Å². The molecule has 2 atom stereocenters. The van der Waals surface area contributed by atoms with Gasteiger partial charge in [0.1, 0.15) is 5.69 Å². The molecule has 5 nitrogen and oxygen atoms in total. The van der Waals surface area contributed by atoms with Crippen molar-refractivity contribution in [1.29, 1.82) is 0 Å². The summed E-state index contributed by atoms with van der Waals surface area (Å²) >= 11 is 0. The van der Waals surface area contributed by atoms with Gasteiger partial charge in [-0.25, -0.2) is 0 Å². The average molecular weight is 304 g/mol. The van der Waals surface area contributed by atoms with E-state index in [4.69, 9.17) is 0 Å². The average Bonchev–Trinajstić information content (AvgIpc) is 3.03. The van der Waals surface area contributed by atoms with Crippen LogP contribution in [-0.2, 0) is 0 Å². The van der Waals surface area contributed by atoms with Crippen LogP contribution in [0, 0.1) is 5.92 Å². The Balaban J connectivity index is 1.55. The number of fused-ring (bicyclic) bond motifs is 1. The maximum atomic E-state index is 12.3. The highest BCUT2D eigenvalue weighted by Crippen LogP contribution is 2.30. The summed E-state index contributed by atoms with van der Waals surface area (Å²) in [7, 11) is 0. The molecule has 0 aliphatic carbocycles. The fourth-order valence-corrected chi connectivity index (χ4v) is 3.88. The third-order valence-electron chi connectivity index (χ3n) is 5.21. The van der Waals surface area contributed by atoms with Crippen LogP contribution >= 0.6 is 0 Å². The molecule has 2 saturated heterocycles. The smallest absolute Gasteiger partial charge is 0.271 e. The minimum absolute atomic E-state index is 0.0453. The monoisotopic (exact) mass is 304 g/mol. The summed E-state index contributed by atoms with van der Waals surface area (Å²) in [6.07, 6.45) is 6.46. The van der Waals surface area contributed by atoms with Gasteiger partial charge in [0.15, 0.2) is 0 Å². The number of piperidine rings is 2. The third kappa shape index (κ3) is 3.35. The second-order valence-corrected chi connectivity index (χ2v) is 7.07. The van der Waals surface area contributed by atoms with Gasteiger partial charge in [-0.15, -0.1) is 0 Å². The molecule has 1 aromatic heterocycles. The van der Waals surface area contributed by atoms with Crippen LogP contribution in [0.15, 0.2) is 6.07 Å². The number of carbonyl (C=O) groups is 1. The standard InChI is InChI=1S/C17H28N4O/c1-12(2)14-10-15(20-19-14)17(22)18-11-13-6-5-9-21-8-4-3-7-16(13)21/h10,12-13,16H,3-9,11H2,1-2H3,(H,18,22)(H,19,20)/t13-,16+/m0/s1. The van der Waals surface area contributed by atoms with Gasteiger partial charge in [0.05, 0.1) is 0 Å². The van der Waals surface area contributed by atoms with E-state index in [9.17, 15) is 4.79 Å². The van der Waals surface area contributed by atoms with Crippen LogP contribution in [0.25, 0.3) is 0 Å². The van der Waals surface area contributed by atoms with E-state index in [1.54, 1.807) is 0 Å². The van der Waals surface area contributed by atoms with Gasteiger partial charge >= 0.3 is 0 Å². The summed E-state index contributed by atoms with van der Waals surface area (Å²) in [4.78, 5) is 14.9. The molecular formula is C17H28N4O. The highest BCUT2D eigenvalue weighted by atomic mass is 16.1. The molecular weight excluding hydrogens is 276 g/mol. The van der Waals surface area contributed by atoms with Crippen LogP contribution in [-0.4, -0.2) is 46.7 Å². The lowest BCUT2D eigenvalue weighted by Gasteiger charge is -2.44. The molecule has 0 aromatic carbocycles. The number of hydrogen-bond donors (Lipinski definition) is 2. The zero-order valence-corrected chi connectivity index (χ0v) is 13.8. The molecule has 0 saturated carbocycles. The van der Waals surface area contributed by atoms with Crippen molar-refractivity contribution < 1.29 is 4.79 Å². The number of carbonyl (C=O) groups excluding carboxylic acids is 1. The molecule has 0 radical (unpaired) electrons. The van der Waals surface area contributed by atoms with Gasteiger partial charge in [0, 0.05) is 18.3 Å². The van der Waals surface area contributed by atoms with Crippen molar-refractivity contribution >= 4 is 5.91 Å². The van der Waals surface area contributed by atoms with Crippen molar-refractivity contribution in [3.63, 3.8) is 0 Å². The Morgan fingerprint density at radius 2 is 2.18 bits per heavy atom. The van der Waals surface area contributed by atoms with Crippen LogP contribution in [0.1, 0.15) is 68.1 Å². The van der Waals surface area contributed by atoms with E-state index in [2.05, 4.69) is 34.3 Å². The molecule has 1 amide bonds. The Hall–Kier alpha value is -1.36. The van der Waals surface area contributed by atoms with Crippen molar-refractivity contribution in [2.75, 3.05) is 19.6 Å². The molecule has 3 rings (SSSR count). The normalized spacial score (nSPS) is 26.0. The van der Waals surface area contributed by atoms with Gasteiger partial charge in [-0.3, -0.25) is 9.89 Å². The molecule has 0 spiro atoms. The number of amides is 1. The van der Waals surface area contributed by atoms with Crippen LogP contribution < -0.4 is 5.32 Å². The number of hydrogen-bond acceptors (Lipinski definition) is 3. The minimum Gasteiger partial charge on any atom is -0.350 e. The zero-order valence-electron chi connectivity index (χ0n) is 13.8. The van der Waals surface area contributed by atoms with Crippen LogP contribution in [0.3, 0.4) is 0 Å². The number of H-pyrrole nitrogens is 1. The molecule has 2 aliphatic rings. The number of aromatic nitrogens is 2. The summed E-state index contributed by atoms with van der Waals surface area (Å²) in [5, 5.41) is 10.2. The van der Waals surface area contributed by atoms with Crippen molar-refractivity contribution in [3.8, 4) is 0 Å². The first-order valence-corrected chi connectivity index (χ1v) is 8.72. The quantitative estimate of drug-likeness (QED) is 0.898. The van der Waals surface area contributed by atoms with Gasteiger partial charge < -0.3 is 10.2 Å². The van der Waals surface area contributed by atoms with E-state index in [0.29, 0.717) is 23.6 Å². The van der Waals surface area contributed by atoms with Gasteiger partial charge in [-0.1, -0.05) is 20.3 Å². The molecule has 1 aromatic rings. The highest BCUT2D eigenvalue weighted by Gasteiger charge is 2.33. The summed E-state index contributed by atoms with van der Waals surface area (Å²) in [6.45, 7) is 7.45. The number of rotatable bonds is 4. The van der Waals surface area contributed by atoms with Crippen LogP contribution in [0.4, 0.5) is 0 Å². The summed E-state index contributed by atoms with van der Waals surface area (Å²) in [6, 6.07) is 2.54. The second kappa shape index (κ2) is 6.82. The SMILES string of the molecule is CC(C)c1cc(C(=O)NC[C@@H]2CCCN3CCCC[C@H]23)n[nH]1. The fourth-order valence-electron chi connectivity index (χ4n) is 3.88.